The largest absolute Gasteiger partial charge is 0.478 e. The summed E-state index contributed by atoms with van der Waals surface area (Å²) in [5, 5.41) is 24.1. The van der Waals surface area contributed by atoms with Gasteiger partial charge in [-0.3, -0.25) is 27.3 Å². The van der Waals surface area contributed by atoms with Crippen LogP contribution in [0.25, 0.3) is 21.5 Å². The molecule has 0 radical (unpaired) electrons. The van der Waals surface area contributed by atoms with Crippen molar-refractivity contribution in [2.75, 3.05) is 6.26 Å². The first-order valence-electron chi connectivity index (χ1n) is 13.7. The molecule has 0 atom stereocenters. The summed E-state index contributed by atoms with van der Waals surface area (Å²) in [7, 11) is -36.1. The molecule has 0 saturated heterocycles. The molecule has 14 N–H and O–H groups in total. The van der Waals surface area contributed by atoms with Crippen LogP contribution >= 0.6 is 53.1 Å². The molecule has 0 aliphatic rings. The van der Waals surface area contributed by atoms with Crippen molar-refractivity contribution < 1.29 is 132 Å². The van der Waals surface area contributed by atoms with Crippen LogP contribution in [0.1, 0.15) is 0 Å². The number of rotatable bonds is 5. The number of fused-ring (bicyclic) bond motifs is 2. The summed E-state index contributed by atoms with van der Waals surface area (Å²) in [4.78, 5) is 60.0. The molecule has 0 unspecified atom stereocenters. The van der Waals surface area contributed by atoms with Gasteiger partial charge in [-0.25, -0.2) is 13.7 Å². The Kier molecular flexibility index (Phi) is 32.1. The molecular formula is C22H32BrN2O30P3S6. The van der Waals surface area contributed by atoms with Gasteiger partial charge in [0.2, 0.25) is 0 Å². The first kappa shape index (κ1) is 69.8. The Bertz CT molecular complexity index is 2750. The van der Waals surface area contributed by atoms with Gasteiger partial charge in [-0.15, -0.1) is 27.1 Å². The average Bonchev–Trinajstić information content (AvgIpc) is 2.99. The predicted molar refractivity (Wildman–Crippen MR) is 222 cm³/mol. The summed E-state index contributed by atoms with van der Waals surface area (Å²) < 4.78 is 182. The van der Waals surface area contributed by atoms with Crippen molar-refractivity contribution in [2.45, 2.75) is 14.7 Å². The maximum Gasteiger partial charge on any atom is 0.478 e. The van der Waals surface area contributed by atoms with Gasteiger partial charge in [0.05, 0.1) is 11.2 Å². The number of nitrogens with zero attached hydrogens (tertiary/aromatic N) is 2. The molecule has 0 saturated carbocycles. The summed E-state index contributed by atoms with van der Waals surface area (Å²) in [6.07, 6.45) is 0.715. The number of thiol groups is 1. The Balaban J connectivity index is -0.000000225. The number of thiocyanates is 1. The van der Waals surface area contributed by atoms with Crippen LogP contribution in [-0.4, -0.2) is 120 Å². The zero-order valence-corrected chi connectivity index (χ0v) is 39.8. The van der Waals surface area contributed by atoms with Gasteiger partial charge in [-0.1, -0.05) is 67.2 Å². The minimum absolute atomic E-state index is 0. The van der Waals surface area contributed by atoms with E-state index in [1.807, 2.05) is 18.2 Å². The molecule has 64 heavy (non-hydrogen) atoms. The lowest BCUT2D eigenvalue weighted by Crippen LogP contribution is -2.02. The highest BCUT2D eigenvalue weighted by atomic mass is 79.9. The Morgan fingerprint density at radius 2 is 0.875 bits per heavy atom. The van der Waals surface area contributed by atoms with Crippen LogP contribution in [0.15, 0.2) is 93.5 Å². The Hall–Kier alpha value is -3.20. The van der Waals surface area contributed by atoms with Gasteiger partial charge < -0.3 is 39.5 Å². The Labute approximate surface area is 376 Å². The second-order valence-electron chi connectivity index (χ2n) is 9.64. The van der Waals surface area contributed by atoms with Gasteiger partial charge in [0, 0.05) is 10.8 Å². The number of phosphoric acid groups is 3. The first-order valence-corrected chi connectivity index (χ1v) is 26.3. The lowest BCUT2D eigenvalue weighted by molar-refractivity contribution is -0.742. The maximum atomic E-state index is 11.2. The van der Waals surface area contributed by atoms with Crippen LogP contribution in [-0.2, 0) is 68.9 Å². The van der Waals surface area contributed by atoms with Crippen LogP contribution in [0.2, 0.25) is 0 Å². The van der Waals surface area contributed by atoms with E-state index in [2.05, 4.69) is 16.9 Å². The molecule has 4 aromatic rings. The summed E-state index contributed by atoms with van der Waals surface area (Å²) in [6, 6.07) is 19.4. The number of halogens is 1. The molecule has 0 aromatic heterocycles. The van der Waals surface area contributed by atoms with Crippen LogP contribution in [0.5, 0.6) is 0 Å². The smallest absolute Gasteiger partial charge is 0.328 e. The van der Waals surface area contributed by atoms with Crippen molar-refractivity contribution in [3.8, 4) is 5.40 Å². The fourth-order valence-electron chi connectivity index (χ4n) is 3.17. The summed E-state index contributed by atoms with van der Waals surface area (Å²) in [6.45, 7) is 0. The van der Waals surface area contributed by atoms with E-state index in [1.54, 1.807) is 12.1 Å². The van der Waals surface area contributed by atoms with Crippen LogP contribution < -0.4 is 0 Å². The monoisotopic (exact) mass is 1170 g/mol. The van der Waals surface area contributed by atoms with E-state index in [-0.39, 0.29) is 32.6 Å². The molecule has 0 aliphatic carbocycles. The van der Waals surface area contributed by atoms with Gasteiger partial charge >= 0.3 is 33.9 Å². The van der Waals surface area contributed by atoms with E-state index in [4.69, 9.17) is 95.1 Å². The molecular weight excluding hydrogens is 1140 g/mol. The third-order valence-electron chi connectivity index (χ3n) is 4.63. The lowest BCUT2D eigenvalue weighted by Gasteiger charge is -2.06. The highest BCUT2D eigenvalue weighted by molar-refractivity contribution is 8.93. The zero-order valence-electron chi connectivity index (χ0n) is 30.4. The molecule has 42 heteroatoms. The van der Waals surface area contributed by atoms with Crippen LogP contribution in [0.4, 0.5) is 0 Å². The third kappa shape index (κ3) is 46.8. The summed E-state index contributed by atoms with van der Waals surface area (Å²) in [5.74, 6) is 0. The molecule has 0 fully saturated rings. The molecule has 0 heterocycles. The minimum Gasteiger partial charge on any atom is -0.328 e. The molecule has 4 rings (SSSR count). The van der Waals surface area contributed by atoms with Gasteiger partial charge in [0.1, 0.15) is 15.2 Å². The van der Waals surface area contributed by atoms with Gasteiger partial charge in [-0.05, 0) is 35.0 Å². The fraction of sp³-hybridized carbons (Fsp3) is 0.0455. The van der Waals surface area contributed by atoms with Crippen molar-refractivity contribution in [1.29, 1.82) is 5.26 Å². The molecule has 368 valence electrons. The minimum atomic E-state index is -5.05. The van der Waals surface area contributed by atoms with E-state index in [0.717, 1.165) is 22.9 Å². The molecule has 0 spiro atoms. The van der Waals surface area contributed by atoms with Crippen molar-refractivity contribution >= 4 is 125 Å². The average molecular weight is 1170 g/mol. The standard InChI is InChI=1S/C10H8O6S2.C10H8O3S.CHNS.CH4O3S.BrH.HNO3.H4O7P2.H3O4P.H2O4S/c11-17(12,13)9-5-1-3-7-8(9)4-2-6-10(7)18(14,15)16;11-14(12,13)10-6-5-8-3-1-2-4-9(8)7-10;2-1-3;1-5(2,3)4;;2-1(3)4;1-8(2,3)7-9(4,5)6;2*1-5(2,3)4/h1-6H,(H,11,12,13)(H,14,15,16);1-7H,(H,11,12,13);3H;1H3,(H,2,3,4);1H;(H,2,3,4);(H2,1,2,3)(H2,4,5,6);(H3,1,2,3,4);(H2,1,2,3,4). The van der Waals surface area contributed by atoms with E-state index in [9.17, 15) is 42.8 Å². The highest BCUT2D eigenvalue weighted by Crippen LogP contribution is 2.53. The van der Waals surface area contributed by atoms with Crippen LogP contribution in [0.3, 0.4) is 0 Å². The quantitative estimate of drug-likeness (QED) is 0.0333. The normalized spacial score (nSPS) is 11.3. The molecule has 32 nitrogen and oxygen atoms in total. The zero-order chi connectivity index (χ0) is 51.2. The first-order chi connectivity index (χ1) is 27.6. The number of hydrogen-bond donors (Lipinski definition) is 15. The summed E-state index contributed by atoms with van der Waals surface area (Å²) >= 11 is 3.09. The SMILES string of the molecule is Br.CS(=O)(=O)O.N#CS.O=P(O)(O)O.O=P(O)(O)OP(=O)(O)O.O=S(=O)(O)O.O=S(=O)(O)c1ccc2ccccc2c1.O=S(=O)(O)c1cccc2c(S(=O)(=O)O)cccc12.O=[N+]([O-])O. The summed E-state index contributed by atoms with van der Waals surface area (Å²) in [5.41, 5.74) is 0. The molecule has 0 aliphatic heterocycles. The van der Waals surface area contributed by atoms with Crippen molar-refractivity contribution in [2.24, 2.45) is 0 Å². The Morgan fingerprint density at radius 3 is 1.09 bits per heavy atom. The van der Waals surface area contributed by atoms with Gasteiger partial charge in [-0.2, -0.15) is 51.7 Å². The predicted octanol–water partition coefficient (Wildman–Crippen LogP) is 1.16. The van der Waals surface area contributed by atoms with Crippen molar-refractivity contribution in [3.05, 3.63) is 89.0 Å². The molecule has 0 amide bonds. The van der Waals surface area contributed by atoms with E-state index in [0.29, 0.717) is 6.26 Å². The molecule has 4 aromatic carbocycles. The second kappa shape index (κ2) is 29.4. The number of nitriles is 1. The Morgan fingerprint density at radius 1 is 0.609 bits per heavy atom. The fourth-order valence-corrected chi connectivity index (χ4v) is 6.21. The number of benzene rings is 4. The topological polar surface area (TPSA) is 581 Å². The van der Waals surface area contributed by atoms with Gasteiger partial charge in [0.25, 0.3) is 45.6 Å². The van der Waals surface area contributed by atoms with Crippen molar-refractivity contribution in [3.63, 3.8) is 0 Å². The molecule has 0 bridgehead atoms. The highest BCUT2D eigenvalue weighted by Gasteiger charge is 2.28. The maximum absolute atomic E-state index is 11.2. The second-order valence-corrected chi connectivity index (χ2v) is 20.0. The third-order valence-corrected chi connectivity index (χ3v) is 9.00. The number of hydrogen-bond acceptors (Lipinski definition) is 18. The van der Waals surface area contributed by atoms with Crippen LogP contribution in [0, 0.1) is 20.8 Å². The van der Waals surface area contributed by atoms with E-state index < -0.39 is 89.2 Å². The van der Waals surface area contributed by atoms with E-state index in [1.165, 1.54) is 41.8 Å². The lowest BCUT2D eigenvalue weighted by atomic mass is 10.1. The van der Waals surface area contributed by atoms with E-state index >= 15 is 0 Å². The van der Waals surface area contributed by atoms with Crippen molar-refractivity contribution in [1.82, 2.24) is 0 Å². The van der Waals surface area contributed by atoms with Gasteiger partial charge in [0.15, 0.2) is 0 Å².